The van der Waals surface area contributed by atoms with E-state index in [1.165, 1.54) is 11.3 Å². The van der Waals surface area contributed by atoms with E-state index in [0.717, 1.165) is 10.6 Å². The summed E-state index contributed by atoms with van der Waals surface area (Å²) in [6, 6.07) is 7.36. The summed E-state index contributed by atoms with van der Waals surface area (Å²) in [7, 11) is 0. The average Bonchev–Trinajstić information content (AvgIpc) is 2.63. The minimum absolute atomic E-state index is 0.466. The highest BCUT2D eigenvalue weighted by Crippen LogP contribution is 2.31. The molecule has 0 unspecified atom stereocenters. The van der Waals surface area contributed by atoms with E-state index in [0.29, 0.717) is 20.6 Å². The van der Waals surface area contributed by atoms with E-state index < -0.39 is 0 Å². The van der Waals surface area contributed by atoms with Crippen molar-refractivity contribution in [2.24, 2.45) is 0 Å². The largest absolute Gasteiger partial charge is 0.240 e. The average molecular weight is 269 g/mol. The zero-order valence-electron chi connectivity index (χ0n) is 8.29. The summed E-state index contributed by atoms with van der Waals surface area (Å²) in [5, 5.41) is 10.8. The summed E-state index contributed by atoms with van der Waals surface area (Å²) in [6.45, 7) is 1.87. The summed E-state index contributed by atoms with van der Waals surface area (Å²) in [5.74, 6) is 0. The molecule has 0 atom stereocenters. The molecule has 0 aliphatic heterocycles. The van der Waals surface area contributed by atoms with Crippen LogP contribution in [0.15, 0.2) is 18.2 Å². The number of aromatic nitrogens is 1. The molecule has 0 N–H and O–H groups in total. The summed E-state index contributed by atoms with van der Waals surface area (Å²) in [5.41, 5.74) is 1.49. The van der Waals surface area contributed by atoms with Crippen molar-refractivity contribution in [2.75, 3.05) is 0 Å². The van der Waals surface area contributed by atoms with Crippen molar-refractivity contribution in [1.82, 2.24) is 4.98 Å². The van der Waals surface area contributed by atoms with Crippen molar-refractivity contribution >= 4 is 34.5 Å². The van der Waals surface area contributed by atoms with Crippen LogP contribution in [0.25, 0.3) is 11.3 Å². The predicted molar refractivity (Wildman–Crippen MR) is 67.0 cm³/mol. The van der Waals surface area contributed by atoms with Crippen LogP contribution >= 0.6 is 34.5 Å². The summed E-state index contributed by atoms with van der Waals surface area (Å²) in [4.78, 5) is 4.91. The molecule has 1 heterocycles. The van der Waals surface area contributed by atoms with Gasteiger partial charge in [-0.2, -0.15) is 5.26 Å². The lowest BCUT2D eigenvalue weighted by Crippen LogP contribution is -1.82. The van der Waals surface area contributed by atoms with E-state index in [-0.39, 0.29) is 0 Å². The Bertz CT molecular complexity index is 584. The van der Waals surface area contributed by atoms with Crippen molar-refractivity contribution in [2.45, 2.75) is 6.92 Å². The maximum absolute atomic E-state index is 8.98. The number of benzene rings is 1. The number of aryl methyl sites for hydroxylation is 1. The van der Waals surface area contributed by atoms with Crippen LogP contribution in [0, 0.1) is 18.3 Å². The number of hydrogen-bond acceptors (Lipinski definition) is 3. The Kier molecular flexibility index (Phi) is 3.15. The minimum atomic E-state index is 0.466. The van der Waals surface area contributed by atoms with Crippen LogP contribution in [0.1, 0.15) is 9.88 Å². The predicted octanol–water partition coefficient (Wildman–Crippen LogP) is 4.30. The molecular formula is C11H6Cl2N2S. The van der Waals surface area contributed by atoms with Gasteiger partial charge in [-0.3, -0.25) is 0 Å². The molecule has 0 fully saturated rings. The Morgan fingerprint density at radius 1 is 1.31 bits per heavy atom. The van der Waals surface area contributed by atoms with Gasteiger partial charge in [-0.05, 0) is 19.1 Å². The van der Waals surface area contributed by atoms with Crippen LogP contribution in [-0.2, 0) is 0 Å². The van der Waals surface area contributed by atoms with Gasteiger partial charge in [-0.25, -0.2) is 4.98 Å². The highest BCUT2D eigenvalue weighted by Gasteiger charge is 2.11. The van der Waals surface area contributed by atoms with Crippen molar-refractivity contribution in [3.05, 3.63) is 38.1 Å². The minimum Gasteiger partial charge on any atom is -0.240 e. The van der Waals surface area contributed by atoms with Crippen LogP contribution in [0.5, 0.6) is 0 Å². The third-order valence-electron chi connectivity index (χ3n) is 2.03. The Balaban J connectivity index is 2.59. The first-order valence-corrected chi connectivity index (χ1v) is 6.02. The molecule has 0 saturated carbocycles. The van der Waals surface area contributed by atoms with Gasteiger partial charge in [-0.15, -0.1) is 11.3 Å². The first-order valence-electron chi connectivity index (χ1n) is 4.45. The molecule has 0 amide bonds. The molecule has 2 nitrogen and oxygen atoms in total. The lowest BCUT2D eigenvalue weighted by Gasteiger charge is -2.00. The van der Waals surface area contributed by atoms with Crippen LogP contribution in [0.4, 0.5) is 0 Å². The number of hydrogen-bond donors (Lipinski definition) is 0. The lowest BCUT2D eigenvalue weighted by atomic mass is 10.1. The van der Waals surface area contributed by atoms with E-state index >= 15 is 0 Å². The number of rotatable bonds is 1. The molecule has 0 aliphatic carbocycles. The standard InChI is InChI=1S/C11H6Cl2N2S/c1-6-15-11(10(5-14)16-6)7-2-3-8(12)9(13)4-7/h2-4H,1H3. The van der Waals surface area contributed by atoms with Gasteiger partial charge in [0.15, 0.2) is 0 Å². The van der Waals surface area contributed by atoms with Gasteiger partial charge in [0.1, 0.15) is 10.9 Å². The third kappa shape index (κ3) is 2.05. The van der Waals surface area contributed by atoms with Crippen molar-refractivity contribution < 1.29 is 0 Å². The van der Waals surface area contributed by atoms with E-state index in [4.69, 9.17) is 28.5 Å². The molecule has 0 radical (unpaired) electrons. The maximum Gasteiger partial charge on any atom is 0.132 e. The van der Waals surface area contributed by atoms with E-state index in [9.17, 15) is 0 Å². The van der Waals surface area contributed by atoms with Crippen LogP contribution in [0.2, 0.25) is 10.0 Å². The first-order chi connectivity index (χ1) is 7.61. The van der Waals surface area contributed by atoms with Gasteiger partial charge < -0.3 is 0 Å². The second-order valence-corrected chi connectivity index (χ2v) is 5.17. The number of nitriles is 1. The van der Waals surface area contributed by atoms with Gasteiger partial charge in [0.2, 0.25) is 0 Å². The molecule has 1 aromatic heterocycles. The lowest BCUT2D eigenvalue weighted by molar-refractivity contribution is 1.29. The van der Waals surface area contributed by atoms with Crippen LogP contribution < -0.4 is 0 Å². The van der Waals surface area contributed by atoms with Gasteiger partial charge in [0.25, 0.3) is 0 Å². The molecule has 5 heteroatoms. The Labute approximate surface area is 107 Å². The van der Waals surface area contributed by atoms with Gasteiger partial charge in [0, 0.05) is 5.56 Å². The van der Waals surface area contributed by atoms with Crippen LogP contribution in [-0.4, -0.2) is 4.98 Å². The molecule has 0 bridgehead atoms. The van der Waals surface area contributed by atoms with E-state index in [2.05, 4.69) is 11.1 Å². The maximum atomic E-state index is 8.98. The van der Waals surface area contributed by atoms with Gasteiger partial charge >= 0.3 is 0 Å². The second kappa shape index (κ2) is 4.42. The first kappa shape index (κ1) is 11.4. The fourth-order valence-electron chi connectivity index (χ4n) is 1.34. The molecule has 2 aromatic rings. The number of halogens is 2. The Morgan fingerprint density at radius 3 is 2.69 bits per heavy atom. The molecule has 0 aliphatic rings. The highest BCUT2D eigenvalue weighted by molar-refractivity contribution is 7.12. The molecule has 80 valence electrons. The smallest absolute Gasteiger partial charge is 0.132 e. The van der Waals surface area contributed by atoms with Gasteiger partial charge in [-0.1, -0.05) is 29.3 Å². The Hall–Kier alpha value is -1.08. The third-order valence-corrected chi connectivity index (χ3v) is 3.64. The summed E-state index contributed by atoms with van der Waals surface area (Å²) in [6.07, 6.45) is 0. The molecule has 16 heavy (non-hydrogen) atoms. The van der Waals surface area contributed by atoms with Crippen molar-refractivity contribution in [3.8, 4) is 17.3 Å². The molecule has 2 rings (SSSR count). The highest BCUT2D eigenvalue weighted by atomic mass is 35.5. The second-order valence-electron chi connectivity index (χ2n) is 3.15. The molecule has 0 spiro atoms. The Morgan fingerprint density at radius 2 is 2.06 bits per heavy atom. The summed E-state index contributed by atoms with van der Waals surface area (Å²) < 4.78 is 0. The number of nitrogens with zero attached hydrogens (tertiary/aromatic N) is 2. The molecule has 0 saturated heterocycles. The molecule has 1 aromatic carbocycles. The van der Waals surface area contributed by atoms with Gasteiger partial charge in [0.05, 0.1) is 20.7 Å². The number of thiazole rings is 1. The fourth-order valence-corrected chi connectivity index (χ4v) is 2.38. The summed E-state index contributed by atoms with van der Waals surface area (Å²) >= 11 is 13.1. The quantitative estimate of drug-likeness (QED) is 0.774. The SMILES string of the molecule is Cc1nc(-c2ccc(Cl)c(Cl)c2)c(C#N)s1. The molecular weight excluding hydrogens is 263 g/mol. The van der Waals surface area contributed by atoms with E-state index in [1.54, 1.807) is 12.1 Å². The van der Waals surface area contributed by atoms with Crippen molar-refractivity contribution in [3.63, 3.8) is 0 Å². The topological polar surface area (TPSA) is 36.7 Å². The zero-order valence-corrected chi connectivity index (χ0v) is 10.6. The fraction of sp³-hybridized carbons (Fsp3) is 0.0909. The normalized spacial score (nSPS) is 10.1. The monoisotopic (exact) mass is 268 g/mol. The van der Waals surface area contributed by atoms with Crippen LogP contribution in [0.3, 0.4) is 0 Å². The van der Waals surface area contributed by atoms with Crippen molar-refractivity contribution in [1.29, 1.82) is 5.26 Å². The zero-order chi connectivity index (χ0) is 11.7. The van der Waals surface area contributed by atoms with E-state index in [1.807, 2.05) is 13.0 Å².